The average molecular weight is 370 g/mol. The Balaban J connectivity index is 1.76. The van der Waals surface area contributed by atoms with Gasteiger partial charge in [0.05, 0.1) is 24.6 Å². The molecule has 3 aromatic rings. The molecule has 24 heavy (non-hydrogen) atoms. The Morgan fingerprint density at radius 1 is 1.25 bits per heavy atom. The number of rotatable bonds is 5. The first-order valence-electron chi connectivity index (χ1n) is 6.81. The van der Waals surface area contributed by atoms with Crippen molar-refractivity contribution in [3.63, 3.8) is 0 Å². The van der Waals surface area contributed by atoms with Crippen molar-refractivity contribution in [2.24, 2.45) is 7.05 Å². The number of nitrogens with zero attached hydrogens (tertiary/aromatic N) is 4. The van der Waals surface area contributed by atoms with Crippen LogP contribution >= 0.6 is 11.6 Å². The van der Waals surface area contributed by atoms with Crippen molar-refractivity contribution in [1.29, 1.82) is 0 Å². The van der Waals surface area contributed by atoms with Crippen LogP contribution in [0, 0.1) is 5.82 Å². The fourth-order valence-corrected chi connectivity index (χ4v) is 3.32. The molecule has 0 bridgehead atoms. The third-order valence-electron chi connectivity index (χ3n) is 3.22. The molecule has 2 aromatic heterocycles. The van der Waals surface area contributed by atoms with Crippen LogP contribution in [0.2, 0.25) is 5.02 Å². The number of aryl methyl sites for hydroxylation is 1. The van der Waals surface area contributed by atoms with Crippen LogP contribution in [0.4, 0.5) is 10.1 Å². The van der Waals surface area contributed by atoms with Crippen LogP contribution in [0.3, 0.4) is 0 Å². The minimum Gasteiger partial charge on any atom is -0.276 e. The standard InChI is InChI=1S/C14H13ClFN5O2S/c1-20-9-13(6-17-20)24(22,23)19-12-5-18-21(8-12)7-10-2-3-11(16)4-14(10)15/h2-6,8-9,19H,7H2,1H3. The first-order valence-corrected chi connectivity index (χ1v) is 8.67. The van der Waals surface area contributed by atoms with E-state index >= 15 is 0 Å². The van der Waals surface area contributed by atoms with Gasteiger partial charge in [0, 0.05) is 24.5 Å². The van der Waals surface area contributed by atoms with E-state index < -0.39 is 15.8 Å². The molecule has 126 valence electrons. The molecule has 0 radical (unpaired) electrons. The predicted octanol–water partition coefficient (Wildman–Crippen LogP) is 2.26. The monoisotopic (exact) mass is 369 g/mol. The molecule has 0 atom stereocenters. The lowest BCUT2D eigenvalue weighted by molar-refractivity contribution is 0.601. The van der Waals surface area contributed by atoms with E-state index in [0.29, 0.717) is 11.3 Å². The molecule has 0 saturated carbocycles. The SMILES string of the molecule is Cn1cc(S(=O)(=O)Nc2cnn(Cc3ccc(F)cc3Cl)c2)cn1. The zero-order valence-corrected chi connectivity index (χ0v) is 14.1. The van der Waals surface area contributed by atoms with Crippen LogP contribution in [0.1, 0.15) is 5.56 Å². The first-order chi connectivity index (χ1) is 11.3. The van der Waals surface area contributed by atoms with Gasteiger partial charge >= 0.3 is 0 Å². The molecule has 10 heteroatoms. The number of halogens is 2. The van der Waals surface area contributed by atoms with Crippen molar-refractivity contribution in [3.8, 4) is 0 Å². The number of sulfonamides is 1. The molecular weight excluding hydrogens is 357 g/mol. The maximum absolute atomic E-state index is 13.0. The number of anilines is 1. The average Bonchev–Trinajstić information content (AvgIpc) is 3.11. The Kier molecular flexibility index (Phi) is 4.29. The molecule has 0 fully saturated rings. The molecule has 0 unspecified atom stereocenters. The van der Waals surface area contributed by atoms with Crippen LogP contribution in [0.5, 0.6) is 0 Å². The van der Waals surface area contributed by atoms with Crippen LogP contribution in [-0.2, 0) is 23.6 Å². The molecule has 0 spiro atoms. The van der Waals surface area contributed by atoms with E-state index in [1.165, 1.54) is 46.3 Å². The number of hydrogen-bond acceptors (Lipinski definition) is 4. The van der Waals surface area contributed by atoms with Gasteiger partial charge in [-0.2, -0.15) is 10.2 Å². The highest BCUT2D eigenvalue weighted by Crippen LogP contribution is 2.19. The summed E-state index contributed by atoms with van der Waals surface area (Å²) in [6.07, 6.45) is 5.55. The van der Waals surface area contributed by atoms with E-state index in [2.05, 4.69) is 14.9 Å². The summed E-state index contributed by atoms with van der Waals surface area (Å²) in [5, 5.41) is 8.19. The molecule has 0 aliphatic rings. The molecule has 0 aliphatic carbocycles. The summed E-state index contributed by atoms with van der Waals surface area (Å²) in [6, 6.07) is 4.07. The van der Waals surface area contributed by atoms with E-state index in [4.69, 9.17) is 11.6 Å². The quantitative estimate of drug-likeness (QED) is 0.748. The van der Waals surface area contributed by atoms with Crippen molar-refractivity contribution < 1.29 is 12.8 Å². The molecular formula is C14H13ClFN5O2S. The fraction of sp³-hybridized carbons (Fsp3) is 0.143. The van der Waals surface area contributed by atoms with Crippen molar-refractivity contribution >= 4 is 27.3 Å². The summed E-state index contributed by atoms with van der Waals surface area (Å²) in [4.78, 5) is 0.0549. The fourth-order valence-electron chi connectivity index (χ4n) is 2.08. The van der Waals surface area contributed by atoms with Gasteiger partial charge in [-0.3, -0.25) is 14.1 Å². The maximum atomic E-state index is 13.0. The summed E-state index contributed by atoms with van der Waals surface area (Å²) in [5.74, 6) is -0.422. The second kappa shape index (κ2) is 6.25. The summed E-state index contributed by atoms with van der Waals surface area (Å²) >= 11 is 5.97. The molecule has 0 aliphatic heterocycles. The van der Waals surface area contributed by atoms with Crippen molar-refractivity contribution in [1.82, 2.24) is 19.6 Å². The van der Waals surface area contributed by atoms with Gasteiger partial charge in [0.15, 0.2) is 0 Å². The Labute approximate surface area is 142 Å². The predicted molar refractivity (Wildman–Crippen MR) is 86.8 cm³/mol. The van der Waals surface area contributed by atoms with Gasteiger partial charge in [0.1, 0.15) is 10.7 Å². The molecule has 0 amide bonds. The first kappa shape index (κ1) is 16.5. The van der Waals surface area contributed by atoms with E-state index in [-0.39, 0.29) is 16.5 Å². The van der Waals surface area contributed by atoms with Crippen LogP contribution < -0.4 is 4.72 Å². The highest BCUT2D eigenvalue weighted by atomic mass is 35.5. The lowest BCUT2D eigenvalue weighted by atomic mass is 10.2. The third kappa shape index (κ3) is 3.57. The number of hydrogen-bond donors (Lipinski definition) is 1. The van der Waals surface area contributed by atoms with Crippen LogP contribution in [0.15, 0.2) is 47.9 Å². The second-order valence-corrected chi connectivity index (χ2v) is 7.21. The van der Waals surface area contributed by atoms with Crippen molar-refractivity contribution in [3.05, 3.63) is 59.4 Å². The maximum Gasteiger partial charge on any atom is 0.265 e. The molecule has 2 heterocycles. The smallest absolute Gasteiger partial charge is 0.265 e. The third-order valence-corrected chi connectivity index (χ3v) is 4.91. The van der Waals surface area contributed by atoms with Gasteiger partial charge in [-0.25, -0.2) is 12.8 Å². The lowest BCUT2D eigenvalue weighted by Gasteiger charge is -2.05. The number of benzene rings is 1. The molecule has 0 saturated heterocycles. The zero-order valence-electron chi connectivity index (χ0n) is 12.5. The lowest BCUT2D eigenvalue weighted by Crippen LogP contribution is -2.11. The summed E-state index contributed by atoms with van der Waals surface area (Å²) in [7, 11) is -2.10. The number of aromatic nitrogens is 4. The van der Waals surface area contributed by atoms with Gasteiger partial charge in [-0.05, 0) is 17.7 Å². The van der Waals surface area contributed by atoms with Gasteiger partial charge in [-0.1, -0.05) is 17.7 Å². The molecule has 7 nitrogen and oxygen atoms in total. The van der Waals surface area contributed by atoms with Gasteiger partial charge in [0.25, 0.3) is 10.0 Å². The Bertz CT molecular complexity index is 983. The van der Waals surface area contributed by atoms with E-state index in [0.717, 1.165) is 0 Å². The normalized spacial score (nSPS) is 11.6. The Morgan fingerprint density at radius 3 is 2.71 bits per heavy atom. The minimum atomic E-state index is -3.73. The second-order valence-electron chi connectivity index (χ2n) is 5.12. The van der Waals surface area contributed by atoms with E-state index in [9.17, 15) is 12.8 Å². The number of nitrogens with one attached hydrogen (secondary N) is 1. The van der Waals surface area contributed by atoms with Crippen LogP contribution in [0.25, 0.3) is 0 Å². The van der Waals surface area contributed by atoms with Gasteiger partial charge < -0.3 is 0 Å². The highest BCUT2D eigenvalue weighted by Gasteiger charge is 2.17. The van der Waals surface area contributed by atoms with Gasteiger partial charge in [-0.15, -0.1) is 0 Å². The van der Waals surface area contributed by atoms with Crippen molar-refractivity contribution in [2.75, 3.05) is 4.72 Å². The Hall–Kier alpha value is -2.39. The van der Waals surface area contributed by atoms with Gasteiger partial charge in [0.2, 0.25) is 0 Å². The Morgan fingerprint density at radius 2 is 2.04 bits per heavy atom. The van der Waals surface area contributed by atoms with Crippen LogP contribution in [-0.4, -0.2) is 28.0 Å². The summed E-state index contributed by atoms with van der Waals surface area (Å²) in [6.45, 7) is 0.285. The topological polar surface area (TPSA) is 81.8 Å². The summed E-state index contributed by atoms with van der Waals surface area (Å²) in [5.41, 5.74) is 0.972. The summed E-state index contributed by atoms with van der Waals surface area (Å²) < 4.78 is 42.8. The van der Waals surface area contributed by atoms with E-state index in [1.807, 2.05) is 0 Å². The molecule has 3 rings (SSSR count). The van der Waals surface area contributed by atoms with E-state index in [1.54, 1.807) is 13.1 Å². The van der Waals surface area contributed by atoms with Crippen molar-refractivity contribution in [2.45, 2.75) is 11.4 Å². The zero-order chi connectivity index (χ0) is 17.3. The largest absolute Gasteiger partial charge is 0.276 e. The highest BCUT2D eigenvalue weighted by molar-refractivity contribution is 7.92. The minimum absolute atomic E-state index is 0.0549. The molecule has 1 aromatic carbocycles. The molecule has 1 N–H and O–H groups in total.